The Morgan fingerprint density at radius 3 is 2.92 bits per heavy atom. The van der Waals surface area contributed by atoms with Crippen LogP contribution in [0.4, 0.5) is 0 Å². The fourth-order valence-electron chi connectivity index (χ4n) is 1.10. The number of nitrogens with one attached hydrogen (secondary N) is 1. The summed E-state index contributed by atoms with van der Waals surface area (Å²) in [4.78, 5) is 10.9. The van der Waals surface area contributed by atoms with Gasteiger partial charge >= 0.3 is 5.97 Å². The van der Waals surface area contributed by atoms with E-state index in [9.17, 15) is 4.79 Å². The zero-order chi connectivity index (χ0) is 9.14. The molecule has 2 N–H and O–H groups in total. The van der Waals surface area contributed by atoms with Gasteiger partial charge < -0.3 is 5.11 Å². The van der Waals surface area contributed by atoms with Crippen LogP contribution in [0.5, 0.6) is 0 Å². The molecule has 0 radical (unpaired) electrons. The van der Waals surface area contributed by atoms with E-state index in [4.69, 9.17) is 17.3 Å². The first-order valence-corrected chi connectivity index (χ1v) is 4.08. The van der Waals surface area contributed by atoms with Crippen LogP contribution in [-0.4, -0.2) is 21.8 Å². The Balaban J connectivity index is 2.46. The monoisotopic (exact) mass is 186 g/mol. The number of thiocarbonyl (C=S) groups is 1. The molecule has 1 unspecified atom stereocenters. The standard InChI is InChI=1S/C7H10N2O2S/c1-4-5(2-3-6(10)11)7(12)9-8-4/h5H,2-3H2,1H3,(H,9,12)(H,10,11). The Kier molecular flexibility index (Phi) is 2.75. The van der Waals surface area contributed by atoms with E-state index >= 15 is 0 Å². The lowest BCUT2D eigenvalue weighted by Gasteiger charge is -2.06. The highest BCUT2D eigenvalue weighted by molar-refractivity contribution is 7.80. The largest absolute Gasteiger partial charge is 0.481 e. The summed E-state index contributed by atoms with van der Waals surface area (Å²) in [5.74, 6) is -0.770. The predicted octanol–water partition coefficient (Wildman–Crippen LogP) is 0.774. The topological polar surface area (TPSA) is 61.7 Å². The van der Waals surface area contributed by atoms with Crippen LogP contribution >= 0.6 is 12.2 Å². The summed E-state index contributed by atoms with van der Waals surface area (Å²) < 4.78 is 0. The Morgan fingerprint density at radius 1 is 1.83 bits per heavy atom. The summed E-state index contributed by atoms with van der Waals surface area (Å²) in [5, 5.41) is 12.4. The second-order valence-electron chi connectivity index (χ2n) is 2.71. The Labute approximate surface area is 75.7 Å². The summed E-state index contributed by atoms with van der Waals surface area (Å²) in [6.07, 6.45) is 0.676. The smallest absolute Gasteiger partial charge is 0.303 e. The number of carboxylic acid groups (broad SMARTS) is 1. The SMILES string of the molecule is CC1=NNC(=S)C1CCC(=O)O. The summed E-state index contributed by atoms with van der Waals surface area (Å²) in [7, 11) is 0. The third-order valence-electron chi connectivity index (χ3n) is 1.81. The highest BCUT2D eigenvalue weighted by atomic mass is 32.1. The van der Waals surface area contributed by atoms with E-state index in [2.05, 4.69) is 10.5 Å². The highest BCUT2D eigenvalue weighted by Gasteiger charge is 2.23. The van der Waals surface area contributed by atoms with Crippen molar-refractivity contribution < 1.29 is 9.90 Å². The van der Waals surface area contributed by atoms with E-state index in [0.717, 1.165) is 5.71 Å². The van der Waals surface area contributed by atoms with Gasteiger partial charge in [-0.2, -0.15) is 5.10 Å². The molecule has 1 rings (SSSR count). The van der Waals surface area contributed by atoms with E-state index in [1.165, 1.54) is 0 Å². The molecule has 0 aliphatic carbocycles. The van der Waals surface area contributed by atoms with Gasteiger partial charge in [-0.05, 0) is 13.3 Å². The first-order chi connectivity index (χ1) is 5.61. The molecule has 5 heteroatoms. The lowest BCUT2D eigenvalue weighted by atomic mass is 10.00. The molecule has 12 heavy (non-hydrogen) atoms. The zero-order valence-electron chi connectivity index (χ0n) is 6.70. The second kappa shape index (κ2) is 3.62. The molecule has 0 fully saturated rings. The summed E-state index contributed by atoms with van der Waals surface area (Å²) in [6, 6.07) is 0. The van der Waals surface area contributed by atoms with Crippen LogP contribution in [0.2, 0.25) is 0 Å². The van der Waals surface area contributed by atoms with Gasteiger partial charge in [0.2, 0.25) is 0 Å². The van der Waals surface area contributed by atoms with Crippen molar-refractivity contribution >= 4 is 28.9 Å². The molecular formula is C7H10N2O2S. The molecule has 1 atom stereocenters. The van der Waals surface area contributed by atoms with Crippen molar-refractivity contribution in [1.29, 1.82) is 0 Å². The highest BCUT2D eigenvalue weighted by Crippen LogP contribution is 2.14. The number of nitrogens with zero attached hydrogens (tertiary/aromatic N) is 1. The van der Waals surface area contributed by atoms with Crippen molar-refractivity contribution in [2.45, 2.75) is 19.8 Å². The molecule has 0 amide bonds. The van der Waals surface area contributed by atoms with Crippen LogP contribution in [-0.2, 0) is 4.79 Å². The van der Waals surface area contributed by atoms with E-state index in [0.29, 0.717) is 11.4 Å². The lowest BCUT2D eigenvalue weighted by Crippen LogP contribution is -2.20. The van der Waals surface area contributed by atoms with Gasteiger partial charge in [-0.25, -0.2) is 0 Å². The molecular weight excluding hydrogens is 176 g/mol. The third-order valence-corrected chi connectivity index (χ3v) is 2.19. The number of rotatable bonds is 3. The van der Waals surface area contributed by atoms with Crippen LogP contribution in [0.15, 0.2) is 5.10 Å². The minimum absolute atomic E-state index is 0.0242. The van der Waals surface area contributed by atoms with Crippen molar-refractivity contribution in [1.82, 2.24) is 5.43 Å². The van der Waals surface area contributed by atoms with Crippen molar-refractivity contribution in [2.24, 2.45) is 11.0 Å². The van der Waals surface area contributed by atoms with Gasteiger partial charge in [0.25, 0.3) is 0 Å². The van der Waals surface area contributed by atoms with Gasteiger partial charge in [-0.15, -0.1) is 0 Å². The summed E-state index contributed by atoms with van der Waals surface area (Å²) in [5.41, 5.74) is 3.55. The first-order valence-electron chi connectivity index (χ1n) is 3.67. The Bertz CT molecular complexity index is 250. The van der Waals surface area contributed by atoms with E-state index in [1.807, 2.05) is 6.92 Å². The fraction of sp³-hybridized carbons (Fsp3) is 0.571. The summed E-state index contributed by atoms with van der Waals surface area (Å²) >= 11 is 4.95. The van der Waals surface area contributed by atoms with Crippen LogP contribution < -0.4 is 5.43 Å². The van der Waals surface area contributed by atoms with Crippen molar-refractivity contribution in [2.75, 3.05) is 0 Å². The van der Waals surface area contributed by atoms with Crippen LogP contribution in [0.25, 0.3) is 0 Å². The molecule has 0 aromatic carbocycles. The molecule has 66 valence electrons. The molecule has 1 aliphatic heterocycles. The van der Waals surface area contributed by atoms with Crippen molar-refractivity contribution in [3.8, 4) is 0 Å². The van der Waals surface area contributed by atoms with E-state index in [1.54, 1.807) is 0 Å². The molecule has 1 heterocycles. The van der Waals surface area contributed by atoms with Gasteiger partial charge in [-0.3, -0.25) is 10.2 Å². The minimum Gasteiger partial charge on any atom is -0.481 e. The van der Waals surface area contributed by atoms with Crippen LogP contribution in [0.1, 0.15) is 19.8 Å². The second-order valence-corrected chi connectivity index (χ2v) is 3.15. The van der Waals surface area contributed by atoms with Gasteiger partial charge in [0.1, 0.15) is 4.99 Å². The zero-order valence-corrected chi connectivity index (χ0v) is 7.52. The maximum absolute atomic E-state index is 10.3. The molecule has 1 aliphatic rings. The molecule has 0 bridgehead atoms. The third kappa shape index (κ3) is 2.01. The van der Waals surface area contributed by atoms with Gasteiger partial charge in [0.15, 0.2) is 0 Å². The lowest BCUT2D eigenvalue weighted by molar-refractivity contribution is -0.137. The first kappa shape index (κ1) is 9.12. The van der Waals surface area contributed by atoms with E-state index < -0.39 is 5.97 Å². The van der Waals surface area contributed by atoms with Crippen molar-refractivity contribution in [3.05, 3.63) is 0 Å². The number of hydrazone groups is 1. The Hall–Kier alpha value is -0.970. The quantitative estimate of drug-likeness (QED) is 0.639. The van der Waals surface area contributed by atoms with Crippen LogP contribution in [0, 0.1) is 5.92 Å². The molecule has 0 saturated heterocycles. The normalized spacial score (nSPS) is 21.9. The van der Waals surface area contributed by atoms with Gasteiger partial charge in [0, 0.05) is 12.1 Å². The predicted molar refractivity (Wildman–Crippen MR) is 49.2 cm³/mol. The number of hydrogen-bond donors (Lipinski definition) is 2. The van der Waals surface area contributed by atoms with Gasteiger partial charge in [-0.1, -0.05) is 12.2 Å². The summed E-state index contributed by atoms with van der Waals surface area (Å²) in [6.45, 7) is 1.85. The molecule has 0 spiro atoms. The van der Waals surface area contributed by atoms with Crippen molar-refractivity contribution in [3.63, 3.8) is 0 Å². The average Bonchev–Trinajstić information content (AvgIpc) is 2.28. The average molecular weight is 186 g/mol. The minimum atomic E-state index is -0.794. The molecule has 0 aromatic heterocycles. The molecule has 0 aromatic rings. The molecule has 0 saturated carbocycles. The number of carboxylic acids is 1. The fourth-order valence-corrected chi connectivity index (χ4v) is 1.43. The van der Waals surface area contributed by atoms with E-state index in [-0.39, 0.29) is 12.3 Å². The van der Waals surface area contributed by atoms with Gasteiger partial charge in [0.05, 0.1) is 5.92 Å². The maximum Gasteiger partial charge on any atom is 0.303 e. The van der Waals surface area contributed by atoms with Crippen LogP contribution in [0.3, 0.4) is 0 Å². The Morgan fingerprint density at radius 2 is 2.50 bits per heavy atom. The maximum atomic E-state index is 10.3. The number of aliphatic carboxylic acids is 1. The number of carbonyl (C=O) groups is 1. The number of hydrogen-bond acceptors (Lipinski definition) is 3. The molecule has 4 nitrogen and oxygen atoms in total.